The number of hydrogen-bond acceptors (Lipinski definition) is 5. The molecule has 0 bridgehead atoms. The number of aromatic nitrogens is 4. The van der Waals surface area contributed by atoms with Gasteiger partial charge in [-0.25, -0.2) is 4.98 Å². The van der Waals surface area contributed by atoms with Crippen LogP contribution in [0.15, 0.2) is 16.9 Å². The average molecular weight is 203 g/mol. The fraction of sp³-hybridized carbons (Fsp3) is 0.333. The van der Waals surface area contributed by atoms with Crippen LogP contribution >= 0.6 is 0 Å². The van der Waals surface area contributed by atoms with Gasteiger partial charge in [-0.2, -0.15) is 10.2 Å². The zero-order valence-electron chi connectivity index (χ0n) is 8.14. The molecule has 76 valence electrons. The van der Waals surface area contributed by atoms with E-state index in [0.717, 1.165) is 0 Å². The van der Waals surface area contributed by atoms with Crippen molar-refractivity contribution in [3.63, 3.8) is 0 Å². The molecule has 1 unspecified atom stereocenters. The standard InChI is InChI=1S/C9H9N5O/c1-6(5-10)4-7-13-9(14-15-7)8-11-2-3-12-8/h2-3,6H,4H2,1H3,(H,11,12). The van der Waals surface area contributed by atoms with Gasteiger partial charge in [0.05, 0.1) is 12.0 Å². The quantitative estimate of drug-likeness (QED) is 0.808. The highest BCUT2D eigenvalue weighted by molar-refractivity contribution is 5.40. The molecular weight excluding hydrogens is 194 g/mol. The second-order valence-corrected chi connectivity index (χ2v) is 3.18. The molecule has 0 spiro atoms. The van der Waals surface area contributed by atoms with E-state index in [4.69, 9.17) is 9.78 Å². The number of H-pyrrole nitrogens is 1. The Morgan fingerprint density at radius 3 is 3.20 bits per heavy atom. The molecule has 0 radical (unpaired) electrons. The Hall–Kier alpha value is -2.16. The smallest absolute Gasteiger partial charge is 0.238 e. The summed E-state index contributed by atoms with van der Waals surface area (Å²) in [5.41, 5.74) is 0. The highest BCUT2D eigenvalue weighted by Crippen LogP contribution is 2.12. The van der Waals surface area contributed by atoms with Crippen LogP contribution in [0, 0.1) is 17.2 Å². The molecule has 0 fully saturated rings. The molecule has 0 saturated carbocycles. The summed E-state index contributed by atoms with van der Waals surface area (Å²) in [6, 6.07) is 2.11. The monoisotopic (exact) mass is 203 g/mol. The molecule has 2 aromatic heterocycles. The van der Waals surface area contributed by atoms with Crippen LogP contribution in [0.1, 0.15) is 12.8 Å². The van der Waals surface area contributed by atoms with E-state index in [1.165, 1.54) is 0 Å². The van der Waals surface area contributed by atoms with E-state index in [9.17, 15) is 0 Å². The maximum Gasteiger partial charge on any atom is 0.238 e. The van der Waals surface area contributed by atoms with Crippen LogP contribution in [-0.4, -0.2) is 20.1 Å². The van der Waals surface area contributed by atoms with Gasteiger partial charge < -0.3 is 9.51 Å². The van der Waals surface area contributed by atoms with Gasteiger partial charge in [-0.1, -0.05) is 5.16 Å². The van der Waals surface area contributed by atoms with Crippen LogP contribution in [0.5, 0.6) is 0 Å². The third-order valence-corrected chi connectivity index (χ3v) is 1.88. The predicted octanol–water partition coefficient (Wildman–Crippen LogP) is 1.16. The SMILES string of the molecule is CC(C#N)Cc1nc(-c2ncc[nH]2)no1. The maximum atomic E-state index is 8.63. The summed E-state index contributed by atoms with van der Waals surface area (Å²) >= 11 is 0. The second-order valence-electron chi connectivity index (χ2n) is 3.18. The van der Waals surface area contributed by atoms with Crippen molar-refractivity contribution in [3.05, 3.63) is 18.3 Å². The highest BCUT2D eigenvalue weighted by Gasteiger charge is 2.12. The van der Waals surface area contributed by atoms with E-state index in [-0.39, 0.29) is 5.92 Å². The van der Waals surface area contributed by atoms with Gasteiger partial charge in [0.15, 0.2) is 5.82 Å². The Balaban J connectivity index is 2.15. The van der Waals surface area contributed by atoms with Gasteiger partial charge >= 0.3 is 0 Å². The molecule has 0 saturated heterocycles. The summed E-state index contributed by atoms with van der Waals surface area (Å²) in [5, 5.41) is 12.4. The lowest BCUT2D eigenvalue weighted by molar-refractivity contribution is 0.369. The van der Waals surface area contributed by atoms with E-state index in [1.807, 2.05) is 0 Å². The number of hydrogen-bond donors (Lipinski definition) is 1. The molecule has 0 aliphatic rings. The zero-order valence-corrected chi connectivity index (χ0v) is 8.14. The lowest BCUT2D eigenvalue weighted by Crippen LogP contribution is -1.96. The van der Waals surface area contributed by atoms with E-state index in [1.54, 1.807) is 19.3 Å². The third kappa shape index (κ3) is 2.02. The summed E-state index contributed by atoms with van der Waals surface area (Å²) in [6.07, 6.45) is 3.76. The summed E-state index contributed by atoms with van der Waals surface area (Å²) in [5.74, 6) is 1.31. The van der Waals surface area contributed by atoms with Crippen molar-refractivity contribution >= 4 is 0 Å². The fourth-order valence-electron chi connectivity index (χ4n) is 1.13. The van der Waals surface area contributed by atoms with Gasteiger partial charge in [-0.15, -0.1) is 0 Å². The van der Waals surface area contributed by atoms with Gasteiger partial charge in [-0.3, -0.25) is 0 Å². The topological polar surface area (TPSA) is 91.4 Å². The van der Waals surface area contributed by atoms with Crippen molar-refractivity contribution in [2.75, 3.05) is 0 Å². The first-order chi connectivity index (χ1) is 7.29. The largest absolute Gasteiger partial charge is 0.342 e. The van der Waals surface area contributed by atoms with Gasteiger partial charge in [0, 0.05) is 18.8 Å². The van der Waals surface area contributed by atoms with E-state index >= 15 is 0 Å². The minimum Gasteiger partial charge on any atom is -0.342 e. The van der Waals surface area contributed by atoms with Crippen LogP contribution < -0.4 is 0 Å². The van der Waals surface area contributed by atoms with Crippen LogP contribution in [0.25, 0.3) is 11.6 Å². The van der Waals surface area contributed by atoms with Gasteiger partial charge in [0.1, 0.15) is 0 Å². The van der Waals surface area contributed by atoms with E-state index in [0.29, 0.717) is 24.0 Å². The molecule has 1 N–H and O–H groups in total. The van der Waals surface area contributed by atoms with Crippen molar-refractivity contribution < 1.29 is 4.52 Å². The minimum absolute atomic E-state index is 0.130. The Morgan fingerprint density at radius 2 is 2.53 bits per heavy atom. The summed E-state index contributed by atoms with van der Waals surface area (Å²) < 4.78 is 4.99. The number of aromatic amines is 1. The predicted molar refractivity (Wildman–Crippen MR) is 50.4 cm³/mol. The molecule has 0 aliphatic heterocycles. The molecular formula is C9H9N5O. The first-order valence-corrected chi connectivity index (χ1v) is 4.51. The normalized spacial score (nSPS) is 12.3. The number of nitriles is 1. The van der Waals surface area contributed by atoms with Gasteiger partial charge in [0.2, 0.25) is 11.7 Å². The maximum absolute atomic E-state index is 8.63. The number of imidazole rings is 1. The van der Waals surface area contributed by atoms with Crippen LogP contribution in [-0.2, 0) is 6.42 Å². The molecule has 1 atom stereocenters. The van der Waals surface area contributed by atoms with Crippen LogP contribution in [0.4, 0.5) is 0 Å². The lowest BCUT2D eigenvalue weighted by atomic mass is 10.1. The molecule has 0 amide bonds. The first-order valence-electron chi connectivity index (χ1n) is 4.51. The lowest BCUT2D eigenvalue weighted by Gasteiger charge is -1.93. The summed E-state index contributed by atoms with van der Waals surface area (Å²) in [6.45, 7) is 1.80. The Labute approximate surface area is 86.0 Å². The van der Waals surface area contributed by atoms with Gasteiger partial charge in [-0.05, 0) is 6.92 Å². The third-order valence-electron chi connectivity index (χ3n) is 1.88. The van der Waals surface area contributed by atoms with Gasteiger partial charge in [0.25, 0.3) is 0 Å². The Bertz CT molecular complexity index is 467. The van der Waals surface area contributed by atoms with Crippen molar-refractivity contribution in [2.45, 2.75) is 13.3 Å². The molecule has 15 heavy (non-hydrogen) atoms. The fourth-order valence-corrected chi connectivity index (χ4v) is 1.13. The molecule has 2 aromatic rings. The van der Waals surface area contributed by atoms with Crippen molar-refractivity contribution in [1.82, 2.24) is 20.1 Å². The van der Waals surface area contributed by atoms with Crippen molar-refractivity contribution in [2.24, 2.45) is 5.92 Å². The van der Waals surface area contributed by atoms with E-state index in [2.05, 4.69) is 26.2 Å². The van der Waals surface area contributed by atoms with Crippen molar-refractivity contribution in [1.29, 1.82) is 5.26 Å². The summed E-state index contributed by atoms with van der Waals surface area (Å²) in [4.78, 5) is 11.0. The second kappa shape index (κ2) is 3.92. The molecule has 2 rings (SSSR count). The van der Waals surface area contributed by atoms with Crippen LogP contribution in [0.2, 0.25) is 0 Å². The first kappa shape index (κ1) is 9.40. The number of nitrogens with one attached hydrogen (secondary N) is 1. The molecule has 2 heterocycles. The molecule has 0 aliphatic carbocycles. The number of nitrogens with zero attached hydrogens (tertiary/aromatic N) is 4. The Kier molecular flexibility index (Phi) is 2.46. The molecule has 0 aromatic carbocycles. The van der Waals surface area contributed by atoms with Crippen LogP contribution in [0.3, 0.4) is 0 Å². The Morgan fingerprint density at radius 1 is 1.67 bits per heavy atom. The molecule has 6 nitrogen and oxygen atoms in total. The zero-order chi connectivity index (χ0) is 10.7. The van der Waals surface area contributed by atoms with E-state index < -0.39 is 0 Å². The number of rotatable bonds is 3. The van der Waals surface area contributed by atoms with Crippen molar-refractivity contribution in [3.8, 4) is 17.7 Å². The highest BCUT2D eigenvalue weighted by atomic mass is 16.5. The minimum atomic E-state index is -0.130. The molecule has 6 heteroatoms. The average Bonchev–Trinajstić information content (AvgIpc) is 2.85. The summed E-state index contributed by atoms with van der Waals surface area (Å²) in [7, 11) is 0.